The van der Waals surface area contributed by atoms with Crippen LogP contribution in [0, 0.1) is 5.41 Å². The van der Waals surface area contributed by atoms with Crippen molar-refractivity contribution < 1.29 is 5.11 Å². The molecule has 2 heteroatoms. The first kappa shape index (κ1) is 12.4. The minimum Gasteiger partial charge on any atom is -0.508 e. The van der Waals surface area contributed by atoms with Gasteiger partial charge in [0.1, 0.15) is 5.75 Å². The van der Waals surface area contributed by atoms with Crippen molar-refractivity contribution in [1.82, 2.24) is 5.32 Å². The van der Waals surface area contributed by atoms with Crippen LogP contribution in [-0.4, -0.2) is 11.7 Å². The number of aromatic hydroxyl groups is 1. The molecule has 0 atom stereocenters. The smallest absolute Gasteiger partial charge is 0.115 e. The van der Waals surface area contributed by atoms with Crippen molar-refractivity contribution in [3.63, 3.8) is 0 Å². The molecule has 1 saturated carbocycles. The van der Waals surface area contributed by atoms with E-state index in [4.69, 9.17) is 0 Å². The summed E-state index contributed by atoms with van der Waals surface area (Å²) >= 11 is 0. The second-order valence-electron chi connectivity index (χ2n) is 5.64. The average Bonchev–Trinajstić information content (AvgIpc) is 2.30. The van der Waals surface area contributed by atoms with E-state index >= 15 is 0 Å². The van der Waals surface area contributed by atoms with Crippen LogP contribution in [0.15, 0.2) is 24.3 Å². The van der Waals surface area contributed by atoms with Gasteiger partial charge in [0.2, 0.25) is 0 Å². The molecule has 1 aromatic carbocycles. The normalized spacial score (nSPS) is 19.1. The van der Waals surface area contributed by atoms with E-state index in [0.717, 1.165) is 18.7 Å². The lowest BCUT2D eigenvalue weighted by atomic mass is 9.76. The molecule has 0 aliphatic heterocycles. The van der Waals surface area contributed by atoms with E-state index < -0.39 is 0 Å². The fourth-order valence-electron chi connectivity index (χ4n) is 2.76. The third-order valence-corrected chi connectivity index (χ3v) is 3.85. The lowest BCUT2D eigenvalue weighted by Crippen LogP contribution is -2.33. The predicted molar refractivity (Wildman–Crippen MR) is 71.0 cm³/mol. The van der Waals surface area contributed by atoms with Gasteiger partial charge in [-0.25, -0.2) is 0 Å². The van der Waals surface area contributed by atoms with Gasteiger partial charge < -0.3 is 10.4 Å². The Morgan fingerprint density at radius 2 is 2.00 bits per heavy atom. The first-order valence-corrected chi connectivity index (χ1v) is 6.67. The number of hydrogen-bond acceptors (Lipinski definition) is 2. The Kier molecular flexibility index (Phi) is 4.06. The van der Waals surface area contributed by atoms with E-state index in [2.05, 4.69) is 18.3 Å². The van der Waals surface area contributed by atoms with Crippen molar-refractivity contribution in [2.45, 2.75) is 45.6 Å². The molecule has 1 aliphatic rings. The summed E-state index contributed by atoms with van der Waals surface area (Å²) in [6, 6.07) is 7.49. The zero-order chi connectivity index (χ0) is 12.1. The summed E-state index contributed by atoms with van der Waals surface area (Å²) in [7, 11) is 0. The van der Waals surface area contributed by atoms with Crippen LogP contribution < -0.4 is 5.32 Å². The molecule has 2 nitrogen and oxygen atoms in total. The molecule has 94 valence electrons. The predicted octanol–water partition coefficient (Wildman–Crippen LogP) is 3.45. The second-order valence-corrected chi connectivity index (χ2v) is 5.64. The van der Waals surface area contributed by atoms with Crippen LogP contribution in [0.4, 0.5) is 0 Å². The molecule has 0 bridgehead atoms. The van der Waals surface area contributed by atoms with Gasteiger partial charge in [-0.3, -0.25) is 0 Å². The van der Waals surface area contributed by atoms with Crippen molar-refractivity contribution in [2.75, 3.05) is 6.54 Å². The minimum atomic E-state index is 0.355. The molecule has 0 aromatic heterocycles. The second kappa shape index (κ2) is 5.54. The van der Waals surface area contributed by atoms with Crippen molar-refractivity contribution in [2.24, 2.45) is 5.41 Å². The standard InChI is InChI=1S/C15H23NO/c1-15(8-3-2-4-9-15)12-16-11-13-6-5-7-14(17)10-13/h5-7,10,16-17H,2-4,8-9,11-12H2,1H3. The van der Waals surface area contributed by atoms with Crippen molar-refractivity contribution in [3.8, 4) is 5.75 Å². The van der Waals surface area contributed by atoms with Gasteiger partial charge >= 0.3 is 0 Å². The van der Waals surface area contributed by atoms with Crippen LogP contribution in [0.1, 0.15) is 44.6 Å². The maximum absolute atomic E-state index is 9.38. The number of hydrogen-bond donors (Lipinski definition) is 2. The van der Waals surface area contributed by atoms with Gasteiger partial charge in [0.05, 0.1) is 0 Å². The molecule has 1 aliphatic carbocycles. The first-order chi connectivity index (χ1) is 8.18. The lowest BCUT2D eigenvalue weighted by molar-refractivity contribution is 0.207. The molecular weight excluding hydrogens is 210 g/mol. The number of benzene rings is 1. The Bertz CT molecular complexity index is 356. The number of rotatable bonds is 4. The Hall–Kier alpha value is -1.02. The van der Waals surface area contributed by atoms with Gasteiger partial charge in [0.25, 0.3) is 0 Å². The highest BCUT2D eigenvalue weighted by molar-refractivity contribution is 5.26. The third-order valence-electron chi connectivity index (χ3n) is 3.85. The molecule has 0 radical (unpaired) electrons. The third kappa shape index (κ3) is 3.74. The highest BCUT2D eigenvalue weighted by Crippen LogP contribution is 2.34. The highest BCUT2D eigenvalue weighted by Gasteiger charge is 2.25. The van der Waals surface area contributed by atoms with Gasteiger partial charge in [-0.2, -0.15) is 0 Å². The number of nitrogens with one attached hydrogen (secondary N) is 1. The van der Waals surface area contributed by atoms with Gasteiger partial charge in [0.15, 0.2) is 0 Å². The summed E-state index contributed by atoms with van der Waals surface area (Å²) in [4.78, 5) is 0. The van der Waals surface area contributed by atoms with Crippen LogP contribution in [0.3, 0.4) is 0 Å². The fraction of sp³-hybridized carbons (Fsp3) is 0.600. The van der Waals surface area contributed by atoms with Gasteiger partial charge in [-0.15, -0.1) is 0 Å². The zero-order valence-electron chi connectivity index (χ0n) is 10.7. The van der Waals surface area contributed by atoms with E-state index in [0.29, 0.717) is 11.2 Å². The van der Waals surface area contributed by atoms with Crippen LogP contribution in [0.25, 0.3) is 0 Å². The summed E-state index contributed by atoms with van der Waals surface area (Å²) in [5, 5.41) is 12.9. The largest absolute Gasteiger partial charge is 0.508 e. The monoisotopic (exact) mass is 233 g/mol. The molecule has 17 heavy (non-hydrogen) atoms. The Labute approximate surface area is 104 Å². The SMILES string of the molecule is CC1(CNCc2cccc(O)c2)CCCCC1. The van der Waals surface area contributed by atoms with Crippen LogP contribution in [-0.2, 0) is 6.54 Å². The maximum atomic E-state index is 9.38. The molecule has 0 saturated heterocycles. The topological polar surface area (TPSA) is 32.3 Å². The lowest BCUT2D eigenvalue weighted by Gasteiger charge is -2.33. The molecule has 1 fully saturated rings. The number of phenolic OH excluding ortho intramolecular Hbond substituents is 1. The van der Waals surface area contributed by atoms with E-state index in [1.807, 2.05) is 12.1 Å². The Balaban J connectivity index is 1.79. The van der Waals surface area contributed by atoms with Crippen LogP contribution >= 0.6 is 0 Å². The van der Waals surface area contributed by atoms with E-state index in [1.54, 1.807) is 6.07 Å². The van der Waals surface area contributed by atoms with Gasteiger partial charge in [-0.05, 0) is 36.0 Å². The molecule has 0 heterocycles. The number of phenols is 1. The molecule has 1 aromatic rings. The summed E-state index contributed by atoms with van der Waals surface area (Å²) in [6.07, 6.45) is 6.86. The molecular formula is C15H23NO. The fourth-order valence-corrected chi connectivity index (χ4v) is 2.76. The van der Waals surface area contributed by atoms with Gasteiger partial charge in [0, 0.05) is 13.1 Å². The zero-order valence-corrected chi connectivity index (χ0v) is 10.7. The summed E-state index contributed by atoms with van der Waals surface area (Å²) in [6.45, 7) is 4.33. The molecule has 0 spiro atoms. The van der Waals surface area contributed by atoms with E-state index in [9.17, 15) is 5.11 Å². The first-order valence-electron chi connectivity index (χ1n) is 6.67. The van der Waals surface area contributed by atoms with Crippen LogP contribution in [0.2, 0.25) is 0 Å². The van der Waals surface area contributed by atoms with Crippen LogP contribution in [0.5, 0.6) is 5.75 Å². The van der Waals surface area contributed by atoms with E-state index in [1.165, 1.54) is 32.1 Å². The molecule has 0 amide bonds. The summed E-state index contributed by atoms with van der Waals surface area (Å²) < 4.78 is 0. The molecule has 2 rings (SSSR count). The van der Waals surface area contributed by atoms with Gasteiger partial charge in [-0.1, -0.05) is 38.3 Å². The van der Waals surface area contributed by atoms with Crippen molar-refractivity contribution in [3.05, 3.63) is 29.8 Å². The Morgan fingerprint density at radius 1 is 1.24 bits per heavy atom. The average molecular weight is 233 g/mol. The molecule has 0 unspecified atom stereocenters. The maximum Gasteiger partial charge on any atom is 0.115 e. The minimum absolute atomic E-state index is 0.355. The molecule has 2 N–H and O–H groups in total. The quantitative estimate of drug-likeness (QED) is 0.834. The van der Waals surface area contributed by atoms with Crippen molar-refractivity contribution >= 4 is 0 Å². The summed E-state index contributed by atoms with van der Waals surface area (Å²) in [5.41, 5.74) is 1.64. The Morgan fingerprint density at radius 3 is 2.71 bits per heavy atom. The highest BCUT2D eigenvalue weighted by atomic mass is 16.3. The van der Waals surface area contributed by atoms with E-state index in [-0.39, 0.29) is 0 Å². The summed E-state index contributed by atoms with van der Waals surface area (Å²) in [5.74, 6) is 0.355. The van der Waals surface area contributed by atoms with Crippen molar-refractivity contribution in [1.29, 1.82) is 0 Å².